The Labute approximate surface area is 143 Å². The summed E-state index contributed by atoms with van der Waals surface area (Å²) >= 11 is 0. The van der Waals surface area contributed by atoms with Crippen LogP contribution in [0, 0.1) is 0 Å². The quantitative estimate of drug-likeness (QED) is 0.722. The van der Waals surface area contributed by atoms with Gasteiger partial charge in [0.1, 0.15) is 0 Å². The Balaban J connectivity index is 1.38. The molecule has 3 N–H and O–H groups in total. The zero-order valence-corrected chi connectivity index (χ0v) is 14.1. The van der Waals surface area contributed by atoms with E-state index < -0.39 is 6.10 Å². The Bertz CT molecular complexity index is 588. The number of amides is 2. The number of aliphatic hydroxyl groups excluding tert-OH is 1. The van der Waals surface area contributed by atoms with Gasteiger partial charge in [0.05, 0.1) is 6.10 Å². The van der Waals surface area contributed by atoms with Gasteiger partial charge in [0.2, 0.25) is 0 Å². The summed E-state index contributed by atoms with van der Waals surface area (Å²) in [7, 11) is 0. The number of nitrogens with zero attached hydrogens (tertiary/aromatic N) is 1. The molecule has 2 unspecified atom stereocenters. The van der Waals surface area contributed by atoms with Gasteiger partial charge in [-0.05, 0) is 36.8 Å². The van der Waals surface area contributed by atoms with Gasteiger partial charge >= 0.3 is 6.03 Å². The van der Waals surface area contributed by atoms with Crippen LogP contribution in [-0.2, 0) is 13.0 Å². The van der Waals surface area contributed by atoms with Gasteiger partial charge in [-0.15, -0.1) is 0 Å². The third-order valence-corrected chi connectivity index (χ3v) is 4.75. The molecule has 2 atom stereocenters. The molecule has 2 amide bonds. The largest absolute Gasteiger partial charge is 0.390 e. The van der Waals surface area contributed by atoms with Crippen molar-refractivity contribution < 1.29 is 9.90 Å². The number of nitrogens with one attached hydrogen (secondary N) is 2. The summed E-state index contributed by atoms with van der Waals surface area (Å²) in [6, 6.07) is 8.38. The third-order valence-electron chi connectivity index (χ3n) is 4.75. The van der Waals surface area contributed by atoms with Crippen molar-refractivity contribution in [1.29, 1.82) is 0 Å². The Hall–Kier alpha value is -1.85. The molecule has 0 aromatic heterocycles. The van der Waals surface area contributed by atoms with Crippen LogP contribution in [0.15, 0.2) is 36.4 Å². The molecule has 3 rings (SSSR count). The van der Waals surface area contributed by atoms with Crippen LogP contribution in [0.25, 0.3) is 0 Å². The maximum atomic E-state index is 11.9. The predicted octanol–water partition coefficient (Wildman–Crippen LogP) is 1.81. The van der Waals surface area contributed by atoms with Crippen molar-refractivity contribution in [1.82, 2.24) is 15.5 Å². The molecule has 0 spiro atoms. The van der Waals surface area contributed by atoms with Crippen LogP contribution in [0.5, 0.6) is 0 Å². The minimum atomic E-state index is -0.553. The summed E-state index contributed by atoms with van der Waals surface area (Å²) in [6.45, 7) is 2.68. The van der Waals surface area contributed by atoms with Gasteiger partial charge in [-0.25, -0.2) is 4.79 Å². The first-order valence-electron chi connectivity index (χ1n) is 8.89. The highest BCUT2D eigenvalue weighted by atomic mass is 16.3. The van der Waals surface area contributed by atoms with Gasteiger partial charge < -0.3 is 15.7 Å². The van der Waals surface area contributed by atoms with Crippen LogP contribution >= 0.6 is 0 Å². The van der Waals surface area contributed by atoms with E-state index in [1.165, 1.54) is 11.1 Å². The molecule has 0 radical (unpaired) electrons. The Kier molecular flexibility index (Phi) is 5.88. The molecule has 0 saturated heterocycles. The highest BCUT2D eigenvalue weighted by molar-refractivity contribution is 5.74. The topological polar surface area (TPSA) is 64.6 Å². The number of fused-ring (bicyclic) bond motifs is 1. The highest BCUT2D eigenvalue weighted by Gasteiger charge is 2.19. The number of hydrogen-bond acceptors (Lipinski definition) is 3. The van der Waals surface area contributed by atoms with Gasteiger partial charge in [0, 0.05) is 32.2 Å². The normalized spacial score (nSPS) is 21.8. The summed E-state index contributed by atoms with van der Waals surface area (Å²) in [5, 5.41) is 15.9. The van der Waals surface area contributed by atoms with Crippen molar-refractivity contribution in [3.05, 3.63) is 47.5 Å². The van der Waals surface area contributed by atoms with E-state index in [2.05, 4.69) is 45.9 Å². The fourth-order valence-electron chi connectivity index (χ4n) is 3.44. The van der Waals surface area contributed by atoms with Crippen LogP contribution in [-0.4, -0.2) is 47.8 Å². The molecule has 1 aromatic rings. The Morgan fingerprint density at radius 1 is 1.33 bits per heavy atom. The van der Waals surface area contributed by atoms with Crippen LogP contribution in [0.1, 0.15) is 30.4 Å². The average Bonchev–Trinajstić information content (AvgIpc) is 2.61. The molecule has 24 heavy (non-hydrogen) atoms. The zero-order valence-electron chi connectivity index (χ0n) is 14.1. The number of hydrogen-bond donors (Lipinski definition) is 3. The summed E-state index contributed by atoms with van der Waals surface area (Å²) < 4.78 is 0. The molecule has 0 bridgehead atoms. The van der Waals surface area contributed by atoms with Crippen molar-refractivity contribution in [2.45, 2.75) is 44.4 Å². The lowest BCUT2D eigenvalue weighted by Crippen LogP contribution is -2.46. The highest BCUT2D eigenvalue weighted by Crippen LogP contribution is 2.18. The van der Waals surface area contributed by atoms with Crippen molar-refractivity contribution in [2.75, 3.05) is 19.6 Å². The average molecular weight is 329 g/mol. The zero-order chi connectivity index (χ0) is 16.8. The summed E-state index contributed by atoms with van der Waals surface area (Å²) in [6.07, 6.45) is 7.81. The van der Waals surface area contributed by atoms with Gasteiger partial charge in [-0.3, -0.25) is 4.90 Å². The first-order valence-corrected chi connectivity index (χ1v) is 8.89. The van der Waals surface area contributed by atoms with E-state index in [0.717, 1.165) is 38.8 Å². The number of aliphatic hydroxyl groups is 1. The van der Waals surface area contributed by atoms with Crippen LogP contribution < -0.4 is 10.6 Å². The molecule has 1 aliphatic carbocycles. The second-order valence-corrected chi connectivity index (χ2v) is 6.73. The molecule has 1 aromatic carbocycles. The van der Waals surface area contributed by atoms with E-state index in [1.807, 2.05) is 6.08 Å². The molecule has 2 aliphatic rings. The second kappa shape index (κ2) is 8.31. The van der Waals surface area contributed by atoms with E-state index >= 15 is 0 Å². The van der Waals surface area contributed by atoms with Gasteiger partial charge in [-0.2, -0.15) is 0 Å². The third kappa shape index (κ3) is 4.82. The van der Waals surface area contributed by atoms with Crippen molar-refractivity contribution in [2.24, 2.45) is 0 Å². The van der Waals surface area contributed by atoms with Gasteiger partial charge in [0.15, 0.2) is 0 Å². The molecule has 5 heteroatoms. The van der Waals surface area contributed by atoms with Gasteiger partial charge in [-0.1, -0.05) is 36.4 Å². The molecule has 5 nitrogen and oxygen atoms in total. The predicted molar refractivity (Wildman–Crippen MR) is 94.7 cm³/mol. The number of carbonyl (C=O) groups is 1. The molecule has 130 valence electrons. The minimum Gasteiger partial charge on any atom is -0.390 e. The maximum Gasteiger partial charge on any atom is 0.315 e. The van der Waals surface area contributed by atoms with Crippen molar-refractivity contribution in [3.63, 3.8) is 0 Å². The minimum absolute atomic E-state index is 0.120. The molecule has 1 heterocycles. The number of allylic oxidation sites excluding steroid dienone is 1. The lowest BCUT2D eigenvalue weighted by atomic mass is 10.00. The van der Waals surface area contributed by atoms with Gasteiger partial charge in [0.25, 0.3) is 0 Å². The van der Waals surface area contributed by atoms with Crippen LogP contribution in [0.3, 0.4) is 0 Å². The van der Waals surface area contributed by atoms with Crippen molar-refractivity contribution >= 4 is 6.03 Å². The summed E-state index contributed by atoms with van der Waals surface area (Å²) in [5.41, 5.74) is 2.74. The summed E-state index contributed by atoms with van der Waals surface area (Å²) in [4.78, 5) is 14.1. The monoisotopic (exact) mass is 329 g/mol. The Morgan fingerprint density at radius 2 is 2.17 bits per heavy atom. The molecule has 0 fully saturated rings. The standard InChI is InChI=1S/C19H27N3O2/c23-18(12-20-19(24)21-17-8-2-1-3-9-17)14-22-11-10-15-6-4-5-7-16(15)13-22/h2,4-8,17-18,23H,1,3,9-14H2,(H2,20,21,24). The van der Waals surface area contributed by atoms with E-state index in [0.29, 0.717) is 6.54 Å². The SMILES string of the molecule is O=C(NCC(O)CN1CCc2ccccc2C1)NC1C=CCCC1. The van der Waals surface area contributed by atoms with Crippen molar-refractivity contribution in [3.8, 4) is 0 Å². The van der Waals surface area contributed by atoms with E-state index in [4.69, 9.17) is 0 Å². The van der Waals surface area contributed by atoms with E-state index in [-0.39, 0.29) is 18.6 Å². The molecule has 1 aliphatic heterocycles. The fraction of sp³-hybridized carbons (Fsp3) is 0.526. The number of rotatable bonds is 5. The lowest BCUT2D eigenvalue weighted by Gasteiger charge is -2.30. The Morgan fingerprint density at radius 3 is 2.96 bits per heavy atom. The molecule has 0 saturated carbocycles. The van der Waals surface area contributed by atoms with Crippen LogP contribution in [0.4, 0.5) is 4.79 Å². The maximum absolute atomic E-state index is 11.9. The fourth-order valence-corrected chi connectivity index (χ4v) is 3.44. The number of urea groups is 1. The number of carbonyl (C=O) groups excluding carboxylic acids is 1. The lowest BCUT2D eigenvalue weighted by molar-refractivity contribution is 0.105. The van der Waals surface area contributed by atoms with Crippen LogP contribution in [0.2, 0.25) is 0 Å². The first-order chi connectivity index (χ1) is 11.7. The van der Waals surface area contributed by atoms with E-state index in [9.17, 15) is 9.90 Å². The van der Waals surface area contributed by atoms with E-state index in [1.54, 1.807) is 0 Å². The summed E-state index contributed by atoms with van der Waals surface area (Å²) in [5.74, 6) is 0. The second-order valence-electron chi connectivity index (χ2n) is 6.73. The smallest absolute Gasteiger partial charge is 0.315 e. The molecular formula is C19H27N3O2. The first kappa shape index (κ1) is 17.0. The molecular weight excluding hydrogens is 302 g/mol. The number of benzene rings is 1. The number of β-amino-alcohol motifs (C(OH)–C–C–N with tert-alkyl or cyclic N) is 1.